The summed E-state index contributed by atoms with van der Waals surface area (Å²) in [5.41, 5.74) is 0.491. The molecule has 180 valence electrons. The van der Waals surface area contributed by atoms with Gasteiger partial charge in [-0.25, -0.2) is 4.79 Å². The highest BCUT2D eigenvalue weighted by atomic mass is 16.6. The van der Waals surface area contributed by atoms with Crippen LogP contribution in [0, 0.1) is 35.5 Å². The predicted molar refractivity (Wildman–Crippen MR) is 129 cm³/mol. The molecule has 2 saturated carbocycles. The van der Waals surface area contributed by atoms with E-state index in [0.717, 1.165) is 25.7 Å². The summed E-state index contributed by atoms with van der Waals surface area (Å²) in [5.74, 6) is 4.00. The van der Waals surface area contributed by atoms with Gasteiger partial charge in [-0.3, -0.25) is 0 Å². The molecular weight excluding hydrogens is 400 g/mol. The summed E-state index contributed by atoms with van der Waals surface area (Å²) in [6.07, 6.45) is 6.71. The molecule has 0 bridgehead atoms. The molecule has 0 aromatic heterocycles. The van der Waals surface area contributed by atoms with Crippen molar-refractivity contribution < 1.29 is 19.0 Å². The van der Waals surface area contributed by atoms with Crippen LogP contribution in [0.5, 0.6) is 11.5 Å². The molecule has 2 aliphatic rings. The second-order valence-electron chi connectivity index (χ2n) is 11.1. The Hall–Kier alpha value is -1.71. The molecule has 0 heterocycles. The Kier molecular flexibility index (Phi) is 8.52. The maximum Gasteiger partial charge on any atom is 0.342 e. The fourth-order valence-electron chi connectivity index (χ4n) is 5.81. The van der Waals surface area contributed by atoms with Gasteiger partial charge in [0.05, 0.1) is 7.11 Å². The first-order valence-corrected chi connectivity index (χ1v) is 12.8. The number of rotatable bonds is 7. The largest absolute Gasteiger partial charge is 0.493 e. The molecule has 0 spiro atoms. The highest BCUT2D eigenvalue weighted by Crippen LogP contribution is 2.41. The van der Waals surface area contributed by atoms with Gasteiger partial charge < -0.3 is 14.2 Å². The lowest BCUT2D eigenvalue weighted by atomic mass is 9.75. The van der Waals surface area contributed by atoms with Crippen molar-refractivity contribution in [1.82, 2.24) is 0 Å². The van der Waals surface area contributed by atoms with Crippen LogP contribution in [0.1, 0.15) is 90.4 Å². The molecular formula is C28H44O4. The molecule has 4 heteroatoms. The van der Waals surface area contributed by atoms with E-state index in [0.29, 0.717) is 52.6 Å². The van der Waals surface area contributed by atoms with Gasteiger partial charge in [0.25, 0.3) is 0 Å². The Morgan fingerprint density at radius 2 is 1.44 bits per heavy atom. The molecule has 4 nitrogen and oxygen atoms in total. The van der Waals surface area contributed by atoms with Crippen molar-refractivity contribution in [2.75, 3.05) is 7.11 Å². The summed E-state index contributed by atoms with van der Waals surface area (Å²) in [7, 11) is 1.64. The number of methoxy groups -OCH3 is 1. The van der Waals surface area contributed by atoms with Gasteiger partial charge in [-0.2, -0.15) is 0 Å². The van der Waals surface area contributed by atoms with E-state index in [1.165, 1.54) is 12.8 Å². The number of para-hydroxylation sites is 1. The number of ether oxygens (including phenoxy) is 3. The molecule has 0 N–H and O–H groups in total. The third-order valence-corrected chi connectivity index (χ3v) is 7.87. The predicted octanol–water partition coefficient (Wildman–Crippen LogP) is 7.15. The molecule has 1 aromatic rings. The molecule has 2 aliphatic carbocycles. The fourth-order valence-corrected chi connectivity index (χ4v) is 5.81. The van der Waals surface area contributed by atoms with Crippen LogP contribution in [0.25, 0.3) is 0 Å². The SMILES string of the molecule is COc1cccc(C(=O)O[C@@H]2C[C@H](C)CC[C@H]2C(C)C)c1O[C@@H]1C[C@H](C)CC[C@H]1C(C)C. The summed E-state index contributed by atoms with van der Waals surface area (Å²) in [6.45, 7) is 13.6. The van der Waals surface area contributed by atoms with Gasteiger partial charge in [0.15, 0.2) is 11.5 Å². The first-order valence-electron chi connectivity index (χ1n) is 12.8. The minimum atomic E-state index is -0.284. The molecule has 3 rings (SSSR count). The average Bonchev–Trinajstić information content (AvgIpc) is 2.73. The summed E-state index contributed by atoms with van der Waals surface area (Å²) in [4.78, 5) is 13.4. The number of hydrogen-bond acceptors (Lipinski definition) is 4. The van der Waals surface area contributed by atoms with Crippen molar-refractivity contribution in [2.45, 2.75) is 92.3 Å². The van der Waals surface area contributed by atoms with E-state index in [1.807, 2.05) is 18.2 Å². The van der Waals surface area contributed by atoms with Crippen molar-refractivity contribution in [3.05, 3.63) is 23.8 Å². The van der Waals surface area contributed by atoms with Crippen molar-refractivity contribution >= 4 is 5.97 Å². The third-order valence-electron chi connectivity index (χ3n) is 7.87. The maximum absolute atomic E-state index is 13.4. The molecule has 1 aromatic carbocycles. The van der Waals surface area contributed by atoms with Crippen LogP contribution in [0.4, 0.5) is 0 Å². The van der Waals surface area contributed by atoms with Gasteiger partial charge in [-0.15, -0.1) is 0 Å². The smallest absolute Gasteiger partial charge is 0.342 e. The first kappa shape index (κ1) is 24.9. The molecule has 6 atom stereocenters. The molecule has 0 amide bonds. The molecule has 2 fully saturated rings. The van der Waals surface area contributed by atoms with Gasteiger partial charge in [0.1, 0.15) is 17.8 Å². The lowest BCUT2D eigenvalue weighted by Gasteiger charge is -2.38. The number of carbonyl (C=O) groups excluding carboxylic acids is 1. The number of benzene rings is 1. The van der Waals surface area contributed by atoms with Gasteiger partial charge >= 0.3 is 5.97 Å². The minimum absolute atomic E-state index is 0.0385. The van der Waals surface area contributed by atoms with Crippen LogP contribution in [0.2, 0.25) is 0 Å². The zero-order chi connectivity index (χ0) is 23.4. The number of carbonyl (C=O) groups is 1. The summed E-state index contributed by atoms with van der Waals surface area (Å²) in [6, 6.07) is 5.56. The zero-order valence-electron chi connectivity index (χ0n) is 21.2. The standard InChI is InChI=1S/C28H44O4/c1-17(2)21-13-11-19(5)15-25(21)31-27-23(9-8-10-24(27)30-7)28(29)32-26-16-20(6)12-14-22(26)18(3)4/h8-10,17-22,25-26H,11-16H2,1-7H3/t19-,20-,21+,22+,25-,26-/m1/s1. The van der Waals surface area contributed by atoms with E-state index < -0.39 is 0 Å². The first-order chi connectivity index (χ1) is 15.2. The topological polar surface area (TPSA) is 44.8 Å². The van der Waals surface area contributed by atoms with Crippen LogP contribution in [0.3, 0.4) is 0 Å². The number of esters is 1. The molecule has 0 radical (unpaired) electrons. The van der Waals surface area contributed by atoms with Gasteiger partial charge in [-0.05, 0) is 73.3 Å². The lowest BCUT2D eigenvalue weighted by Crippen LogP contribution is -2.37. The summed E-state index contributed by atoms with van der Waals surface area (Å²) >= 11 is 0. The quantitative estimate of drug-likeness (QED) is 0.419. The van der Waals surface area contributed by atoms with Gasteiger partial charge in [-0.1, -0.05) is 60.5 Å². The Morgan fingerprint density at radius 3 is 2.00 bits per heavy atom. The van der Waals surface area contributed by atoms with Crippen molar-refractivity contribution in [1.29, 1.82) is 0 Å². The molecule has 0 unspecified atom stereocenters. The Bertz CT molecular complexity index is 756. The van der Waals surface area contributed by atoms with Crippen LogP contribution in [0.15, 0.2) is 18.2 Å². The Balaban J connectivity index is 1.86. The molecule has 0 saturated heterocycles. The van der Waals surface area contributed by atoms with Crippen LogP contribution < -0.4 is 9.47 Å². The van der Waals surface area contributed by atoms with Gasteiger partial charge in [0, 0.05) is 0 Å². The monoisotopic (exact) mass is 444 g/mol. The normalized spacial score (nSPS) is 30.9. The van der Waals surface area contributed by atoms with Crippen molar-refractivity contribution in [2.24, 2.45) is 35.5 Å². The van der Waals surface area contributed by atoms with E-state index in [4.69, 9.17) is 14.2 Å². The average molecular weight is 445 g/mol. The van der Waals surface area contributed by atoms with E-state index in [2.05, 4.69) is 41.5 Å². The second-order valence-corrected chi connectivity index (χ2v) is 11.1. The van der Waals surface area contributed by atoms with E-state index in [-0.39, 0.29) is 18.2 Å². The molecule has 0 aliphatic heterocycles. The van der Waals surface area contributed by atoms with E-state index >= 15 is 0 Å². The van der Waals surface area contributed by atoms with Gasteiger partial charge in [0.2, 0.25) is 0 Å². The highest BCUT2D eigenvalue weighted by molar-refractivity contribution is 5.93. The van der Waals surface area contributed by atoms with Crippen LogP contribution in [-0.4, -0.2) is 25.3 Å². The van der Waals surface area contributed by atoms with Crippen LogP contribution >= 0.6 is 0 Å². The summed E-state index contributed by atoms with van der Waals surface area (Å²) < 4.78 is 18.4. The zero-order valence-corrected chi connectivity index (χ0v) is 21.2. The molecule has 32 heavy (non-hydrogen) atoms. The van der Waals surface area contributed by atoms with E-state index in [9.17, 15) is 4.79 Å². The lowest BCUT2D eigenvalue weighted by molar-refractivity contribution is -0.0182. The number of hydrogen-bond donors (Lipinski definition) is 0. The summed E-state index contributed by atoms with van der Waals surface area (Å²) in [5, 5.41) is 0. The van der Waals surface area contributed by atoms with Crippen LogP contribution in [-0.2, 0) is 4.74 Å². The Morgan fingerprint density at radius 1 is 0.875 bits per heavy atom. The second kappa shape index (κ2) is 10.9. The fraction of sp³-hybridized carbons (Fsp3) is 0.750. The third kappa shape index (κ3) is 5.80. The maximum atomic E-state index is 13.4. The van der Waals surface area contributed by atoms with E-state index in [1.54, 1.807) is 7.11 Å². The van der Waals surface area contributed by atoms with Crippen molar-refractivity contribution in [3.63, 3.8) is 0 Å². The minimum Gasteiger partial charge on any atom is -0.493 e. The van der Waals surface area contributed by atoms with Crippen molar-refractivity contribution in [3.8, 4) is 11.5 Å². The Labute approximate surface area is 195 Å². The highest BCUT2D eigenvalue weighted by Gasteiger charge is 2.36.